The fourth-order valence-electron chi connectivity index (χ4n) is 6.99. The third kappa shape index (κ3) is 5.56. The lowest BCUT2D eigenvalue weighted by Crippen LogP contribution is -1.97. The number of aromatic nitrogens is 2. The predicted octanol–water partition coefficient (Wildman–Crippen LogP) is 11.7. The quantitative estimate of drug-likeness (QED) is 0.176. The molecule has 2 heterocycles. The standard InChI is InChI=1S/C46H32N2O/c1-2-12-33(13-3-1)45-41-19-8-10-20-42(41)47-46(48-45)34-25-22-31(23-26-34)28-35-14-4-6-16-37(35)38-17-7-5-15-36(38)29-32-24-27-40-39-18-9-11-21-43(39)49-44(40)30-32/h1-27,30H,28-29H2. The molecule has 0 radical (unpaired) electrons. The second-order valence-corrected chi connectivity index (χ2v) is 12.6. The molecule has 0 fully saturated rings. The van der Waals surface area contributed by atoms with E-state index in [9.17, 15) is 0 Å². The summed E-state index contributed by atoms with van der Waals surface area (Å²) in [4.78, 5) is 10.0. The minimum Gasteiger partial charge on any atom is -0.456 e. The lowest BCUT2D eigenvalue weighted by atomic mass is 9.90. The Hall–Kier alpha value is -6.32. The van der Waals surface area contributed by atoms with Gasteiger partial charge >= 0.3 is 0 Å². The van der Waals surface area contributed by atoms with Crippen LogP contribution in [0.3, 0.4) is 0 Å². The molecule has 0 spiro atoms. The van der Waals surface area contributed by atoms with Gasteiger partial charge in [-0.15, -0.1) is 0 Å². The molecule has 232 valence electrons. The summed E-state index contributed by atoms with van der Waals surface area (Å²) in [5.74, 6) is 0.735. The summed E-state index contributed by atoms with van der Waals surface area (Å²) in [7, 11) is 0. The van der Waals surface area contributed by atoms with E-state index in [1.54, 1.807) is 0 Å². The summed E-state index contributed by atoms with van der Waals surface area (Å²) in [5.41, 5.74) is 13.5. The highest BCUT2D eigenvalue weighted by Crippen LogP contribution is 2.34. The summed E-state index contributed by atoms with van der Waals surface area (Å²) in [6.45, 7) is 0. The van der Waals surface area contributed by atoms with Crippen LogP contribution in [0.2, 0.25) is 0 Å². The predicted molar refractivity (Wildman–Crippen MR) is 202 cm³/mol. The number of nitrogens with zero attached hydrogens (tertiary/aromatic N) is 2. The van der Waals surface area contributed by atoms with Crippen LogP contribution in [0.5, 0.6) is 0 Å². The Balaban J connectivity index is 1.01. The average Bonchev–Trinajstić information content (AvgIpc) is 3.53. The van der Waals surface area contributed by atoms with Gasteiger partial charge in [0.25, 0.3) is 0 Å². The summed E-state index contributed by atoms with van der Waals surface area (Å²) in [5, 5.41) is 3.38. The first-order valence-corrected chi connectivity index (χ1v) is 16.7. The Morgan fingerprint density at radius 2 is 1.00 bits per heavy atom. The lowest BCUT2D eigenvalue weighted by Gasteiger charge is -2.15. The van der Waals surface area contributed by atoms with Crippen molar-refractivity contribution in [2.24, 2.45) is 0 Å². The largest absolute Gasteiger partial charge is 0.456 e. The Bertz CT molecular complexity index is 2600. The molecule has 0 aliphatic rings. The number of hydrogen-bond donors (Lipinski definition) is 0. The maximum atomic E-state index is 6.20. The van der Waals surface area contributed by atoms with Crippen LogP contribution in [0.15, 0.2) is 174 Å². The molecule has 2 aromatic heterocycles. The summed E-state index contributed by atoms with van der Waals surface area (Å²) >= 11 is 0. The van der Waals surface area contributed by atoms with Crippen LogP contribution in [-0.2, 0) is 12.8 Å². The number of furan rings is 1. The highest BCUT2D eigenvalue weighted by Gasteiger charge is 2.14. The second kappa shape index (κ2) is 12.4. The molecule has 0 unspecified atom stereocenters. The Kier molecular flexibility index (Phi) is 7.29. The topological polar surface area (TPSA) is 38.9 Å². The van der Waals surface area contributed by atoms with Gasteiger partial charge in [0.1, 0.15) is 11.2 Å². The van der Waals surface area contributed by atoms with Crippen LogP contribution in [0.4, 0.5) is 0 Å². The SMILES string of the molecule is c1ccc(-c2nc(-c3ccc(Cc4ccccc4-c4ccccc4Cc4ccc5c(c4)oc4ccccc45)cc3)nc3ccccc23)cc1. The number of benzene rings is 7. The smallest absolute Gasteiger partial charge is 0.160 e. The van der Waals surface area contributed by atoms with Gasteiger partial charge in [-0.05, 0) is 64.4 Å². The molecule has 0 aliphatic heterocycles. The van der Waals surface area contributed by atoms with Gasteiger partial charge in [0.05, 0.1) is 11.2 Å². The monoisotopic (exact) mass is 628 g/mol. The van der Waals surface area contributed by atoms with E-state index in [1.165, 1.54) is 33.4 Å². The maximum Gasteiger partial charge on any atom is 0.160 e. The van der Waals surface area contributed by atoms with Crippen molar-refractivity contribution in [2.45, 2.75) is 12.8 Å². The van der Waals surface area contributed by atoms with Crippen LogP contribution < -0.4 is 0 Å². The first-order chi connectivity index (χ1) is 24.3. The minimum atomic E-state index is 0.735. The van der Waals surface area contributed by atoms with Gasteiger partial charge in [-0.1, -0.05) is 152 Å². The number of para-hydroxylation sites is 2. The Labute approximate surface area is 285 Å². The third-order valence-corrected chi connectivity index (χ3v) is 9.42. The molecule has 0 saturated carbocycles. The summed E-state index contributed by atoms with van der Waals surface area (Å²) in [6, 6.07) is 59.7. The number of hydrogen-bond acceptors (Lipinski definition) is 3. The number of rotatable bonds is 7. The van der Waals surface area contributed by atoms with Gasteiger partial charge < -0.3 is 4.42 Å². The summed E-state index contributed by atoms with van der Waals surface area (Å²) < 4.78 is 6.20. The lowest BCUT2D eigenvalue weighted by molar-refractivity contribution is 0.668. The Morgan fingerprint density at radius 1 is 0.408 bits per heavy atom. The Morgan fingerprint density at radius 3 is 1.78 bits per heavy atom. The van der Waals surface area contributed by atoms with E-state index in [1.807, 2.05) is 30.3 Å². The minimum absolute atomic E-state index is 0.735. The fraction of sp³-hybridized carbons (Fsp3) is 0.0435. The van der Waals surface area contributed by atoms with Crippen LogP contribution in [-0.4, -0.2) is 9.97 Å². The van der Waals surface area contributed by atoms with E-state index in [2.05, 4.69) is 140 Å². The van der Waals surface area contributed by atoms with E-state index in [0.717, 1.165) is 68.3 Å². The van der Waals surface area contributed by atoms with Crippen LogP contribution in [0, 0.1) is 0 Å². The maximum absolute atomic E-state index is 6.20. The zero-order valence-electron chi connectivity index (χ0n) is 26.9. The van der Waals surface area contributed by atoms with Crippen molar-refractivity contribution in [1.29, 1.82) is 0 Å². The van der Waals surface area contributed by atoms with E-state index < -0.39 is 0 Å². The zero-order valence-corrected chi connectivity index (χ0v) is 26.9. The van der Waals surface area contributed by atoms with Crippen molar-refractivity contribution in [3.05, 3.63) is 192 Å². The first kappa shape index (κ1) is 28.9. The second-order valence-electron chi connectivity index (χ2n) is 12.6. The summed E-state index contributed by atoms with van der Waals surface area (Å²) in [6.07, 6.45) is 1.65. The first-order valence-electron chi connectivity index (χ1n) is 16.7. The molecule has 3 nitrogen and oxygen atoms in total. The van der Waals surface area contributed by atoms with Gasteiger partial charge in [-0.2, -0.15) is 0 Å². The molecule has 49 heavy (non-hydrogen) atoms. The molecule has 0 atom stereocenters. The van der Waals surface area contributed by atoms with Crippen molar-refractivity contribution in [2.75, 3.05) is 0 Å². The van der Waals surface area contributed by atoms with Crippen molar-refractivity contribution >= 4 is 32.8 Å². The highest BCUT2D eigenvalue weighted by molar-refractivity contribution is 6.05. The zero-order chi connectivity index (χ0) is 32.6. The molecule has 0 amide bonds. The van der Waals surface area contributed by atoms with E-state index in [-0.39, 0.29) is 0 Å². The van der Waals surface area contributed by atoms with Gasteiger partial charge in [0.15, 0.2) is 5.82 Å². The normalized spacial score (nSPS) is 11.4. The van der Waals surface area contributed by atoms with E-state index in [0.29, 0.717) is 0 Å². The van der Waals surface area contributed by atoms with Gasteiger partial charge in [0.2, 0.25) is 0 Å². The molecular weight excluding hydrogens is 597 g/mol. The van der Waals surface area contributed by atoms with Gasteiger partial charge in [-0.25, -0.2) is 9.97 Å². The molecule has 0 bridgehead atoms. The fourth-order valence-corrected chi connectivity index (χ4v) is 6.99. The van der Waals surface area contributed by atoms with Crippen LogP contribution in [0.25, 0.3) is 66.6 Å². The van der Waals surface area contributed by atoms with Crippen LogP contribution in [0.1, 0.15) is 22.3 Å². The van der Waals surface area contributed by atoms with Gasteiger partial charge in [-0.3, -0.25) is 0 Å². The van der Waals surface area contributed by atoms with Crippen molar-refractivity contribution in [3.8, 4) is 33.8 Å². The molecule has 9 aromatic rings. The molecular formula is C46H32N2O. The van der Waals surface area contributed by atoms with Gasteiger partial charge in [0, 0.05) is 27.3 Å². The molecule has 0 aliphatic carbocycles. The third-order valence-electron chi connectivity index (χ3n) is 9.42. The highest BCUT2D eigenvalue weighted by atomic mass is 16.3. The van der Waals surface area contributed by atoms with E-state index in [4.69, 9.17) is 14.4 Å². The van der Waals surface area contributed by atoms with E-state index >= 15 is 0 Å². The molecule has 7 aromatic carbocycles. The molecule has 0 N–H and O–H groups in total. The van der Waals surface area contributed by atoms with Crippen molar-refractivity contribution in [3.63, 3.8) is 0 Å². The van der Waals surface area contributed by atoms with Crippen LogP contribution >= 0.6 is 0 Å². The average molecular weight is 629 g/mol. The molecule has 9 rings (SSSR count). The van der Waals surface area contributed by atoms with Crippen molar-refractivity contribution < 1.29 is 4.42 Å². The van der Waals surface area contributed by atoms with Crippen molar-refractivity contribution in [1.82, 2.24) is 9.97 Å². The number of fused-ring (bicyclic) bond motifs is 4. The molecule has 3 heteroatoms. The molecule has 0 saturated heterocycles.